The van der Waals surface area contributed by atoms with Crippen molar-refractivity contribution in [1.82, 2.24) is 0 Å². The molecular weight excluding hydrogens is 263 g/mol. The average molecular weight is 269 g/mol. The van der Waals surface area contributed by atoms with Crippen LogP contribution < -0.4 is 0 Å². The van der Waals surface area contributed by atoms with Crippen LogP contribution >= 0.6 is 0 Å². The summed E-state index contributed by atoms with van der Waals surface area (Å²) >= 11 is 0. The molecule has 100 valence electrons. The van der Waals surface area contributed by atoms with Crippen LogP contribution in [-0.2, 0) is 0 Å². The summed E-state index contributed by atoms with van der Waals surface area (Å²) in [5, 5.41) is 10.1. The van der Waals surface area contributed by atoms with Crippen molar-refractivity contribution in [3.63, 3.8) is 0 Å². The molecule has 0 aliphatic carbocycles. The predicted molar refractivity (Wildman–Crippen MR) is 41.3 cm³/mol. The normalized spacial score (nSPS) is 14.9. The van der Waals surface area contributed by atoms with Gasteiger partial charge in [0.2, 0.25) is 5.70 Å². The van der Waals surface area contributed by atoms with Crippen LogP contribution in [0.2, 0.25) is 0 Å². The summed E-state index contributed by atoms with van der Waals surface area (Å²) in [4.78, 5) is 8.62. The van der Waals surface area contributed by atoms with Gasteiger partial charge in [0.15, 0.2) is 0 Å². The van der Waals surface area contributed by atoms with Crippen molar-refractivity contribution < 1.29 is 35.7 Å². The molecule has 17 heavy (non-hydrogen) atoms. The summed E-state index contributed by atoms with van der Waals surface area (Å²) in [5.74, 6) is -12.0. The minimum Gasteiger partial charge on any atom is -0.259 e. The van der Waals surface area contributed by atoms with Crippen LogP contribution in [0.4, 0.5) is 30.7 Å². The van der Waals surface area contributed by atoms with E-state index in [1.165, 1.54) is 0 Å². The first-order chi connectivity index (χ1) is 7.37. The molecule has 0 radical (unpaired) electrons. The van der Waals surface area contributed by atoms with E-state index < -0.39 is 41.1 Å². The van der Waals surface area contributed by atoms with Gasteiger partial charge >= 0.3 is 18.0 Å². The maximum Gasteiger partial charge on any atom is 0.460 e. The summed E-state index contributed by atoms with van der Waals surface area (Å²) in [7, 11) is 0. The van der Waals surface area contributed by atoms with Crippen LogP contribution in [0.5, 0.6) is 0 Å². The zero-order chi connectivity index (χ0) is 14.1. The van der Waals surface area contributed by atoms with Crippen LogP contribution in [-0.4, -0.2) is 22.9 Å². The van der Waals surface area contributed by atoms with E-state index in [0.717, 1.165) is 6.92 Å². The van der Waals surface area contributed by atoms with E-state index in [0.29, 0.717) is 0 Å². The molecular formula is C7H6F7NO2. The zero-order valence-corrected chi connectivity index (χ0v) is 8.19. The van der Waals surface area contributed by atoms with Gasteiger partial charge < -0.3 is 0 Å². The molecule has 0 aliphatic heterocycles. The fourth-order valence-corrected chi connectivity index (χ4v) is 0.773. The maximum atomic E-state index is 12.6. The average Bonchev–Trinajstić information content (AvgIpc) is 2.11. The van der Waals surface area contributed by atoms with Gasteiger partial charge in [-0.2, -0.15) is 30.7 Å². The molecule has 0 bridgehead atoms. The Labute approximate surface area is 90.1 Å². The molecule has 0 atom stereocenters. The van der Waals surface area contributed by atoms with E-state index in [-0.39, 0.29) is 0 Å². The zero-order valence-electron chi connectivity index (χ0n) is 8.19. The number of allylic oxidation sites excluding steroid dienone is 2. The highest BCUT2D eigenvalue weighted by Gasteiger charge is 2.72. The van der Waals surface area contributed by atoms with Crippen molar-refractivity contribution in [3.8, 4) is 0 Å². The minimum absolute atomic E-state index is 0.712. The third kappa shape index (κ3) is 3.07. The Morgan fingerprint density at radius 3 is 1.82 bits per heavy atom. The molecule has 0 rings (SSSR count). The second-order valence-electron chi connectivity index (χ2n) is 2.94. The molecule has 0 amide bonds. The smallest absolute Gasteiger partial charge is 0.259 e. The molecule has 0 saturated heterocycles. The summed E-state index contributed by atoms with van der Waals surface area (Å²) in [6.07, 6.45) is -8.18. The predicted octanol–water partition coefficient (Wildman–Crippen LogP) is 3.39. The van der Waals surface area contributed by atoms with Gasteiger partial charge in [-0.25, -0.2) is 0 Å². The molecule has 3 nitrogen and oxygen atoms in total. The summed E-state index contributed by atoms with van der Waals surface area (Å²) in [6.45, 7) is 0.969. The molecule has 0 aromatic carbocycles. The second kappa shape index (κ2) is 4.49. The van der Waals surface area contributed by atoms with Crippen molar-refractivity contribution in [2.24, 2.45) is 0 Å². The minimum atomic E-state index is -6.50. The van der Waals surface area contributed by atoms with E-state index in [1.54, 1.807) is 0 Å². The van der Waals surface area contributed by atoms with Crippen LogP contribution in [0.25, 0.3) is 0 Å². The first kappa shape index (κ1) is 15.7. The number of alkyl halides is 7. The highest BCUT2D eigenvalue weighted by Crippen LogP contribution is 2.47. The first-order valence-corrected chi connectivity index (χ1v) is 4.05. The SMILES string of the molecule is CC/C(=C/C(F)(F)C(F)(F)C(F)(F)F)[N+](=O)[O-]. The van der Waals surface area contributed by atoms with Crippen molar-refractivity contribution in [1.29, 1.82) is 0 Å². The van der Waals surface area contributed by atoms with E-state index in [1.807, 2.05) is 0 Å². The Morgan fingerprint density at radius 1 is 1.18 bits per heavy atom. The Kier molecular flexibility index (Phi) is 4.14. The van der Waals surface area contributed by atoms with E-state index in [4.69, 9.17) is 0 Å². The molecule has 0 aromatic rings. The van der Waals surface area contributed by atoms with Crippen LogP contribution in [0, 0.1) is 10.1 Å². The molecule has 0 N–H and O–H groups in total. The van der Waals surface area contributed by atoms with Gasteiger partial charge in [-0.05, 0) is 0 Å². The topological polar surface area (TPSA) is 43.1 Å². The first-order valence-electron chi connectivity index (χ1n) is 4.05. The van der Waals surface area contributed by atoms with Gasteiger partial charge in [0.1, 0.15) is 0 Å². The largest absolute Gasteiger partial charge is 0.460 e. The van der Waals surface area contributed by atoms with Gasteiger partial charge in [0.25, 0.3) is 0 Å². The number of hydrogen-bond acceptors (Lipinski definition) is 2. The fourth-order valence-electron chi connectivity index (χ4n) is 0.773. The third-order valence-electron chi connectivity index (χ3n) is 1.72. The van der Waals surface area contributed by atoms with Gasteiger partial charge in [-0.15, -0.1) is 0 Å². The Hall–Kier alpha value is -1.35. The van der Waals surface area contributed by atoms with Crippen molar-refractivity contribution in [3.05, 3.63) is 21.9 Å². The van der Waals surface area contributed by atoms with Crippen molar-refractivity contribution in [2.75, 3.05) is 0 Å². The van der Waals surface area contributed by atoms with Crippen LogP contribution in [0.1, 0.15) is 13.3 Å². The third-order valence-corrected chi connectivity index (χ3v) is 1.72. The molecule has 10 heteroatoms. The number of hydrogen-bond donors (Lipinski definition) is 0. The van der Waals surface area contributed by atoms with Gasteiger partial charge in [0, 0.05) is 6.42 Å². The van der Waals surface area contributed by atoms with E-state index >= 15 is 0 Å². The summed E-state index contributed by atoms with van der Waals surface area (Å²) < 4.78 is 84.9. The Morgan fingerprint density at radius 2 is 1.59 bits per heavy atom. The quantitative estimate of drug-likeness (QED) is 0.446. The van der Waals surface area contributed by atoms with Crippen molar-refractivity contribution in [2.45, 2.75) is 31.4 Å². The van der Waals surface area contributed by atoms with Gasteiger partial charge in [-0.3, -0.25) is 10.1 Å². The van der Waals surface area contributed by atoms with Crippen LogP contribution in [0.3, 0.4) is 0 Å². The lowest BCUT2D eigenvalue weighted by molar-refractivity contribution is -0.430. The monoisotopic (exact) mass is 269 g/mol. The number of rotatable bonds is 4. The summed E-state index contributed by atoms with van der Waals surface area (Å²) in [5.41, 5.74) is -1.42. The molecule has 0 unspecified atom stereocenters. The highest BCUT2D eigenvalue weighted by atomic mass is 19.4. The van der Waals surface area contributed by atoms with E-state index in [2.05, 4.69) is 0 Å². The highest BCUT2D eigenvalue weighted by molar-refractivity contribution is 5.08. The Bertz CT molecular complexity index is 334. The van der Waals surface area contributed by atoms with Gasteiger partial charge in [-0.1, -0.05) is 6.92 Å². The molecule has 0 spiro atoms. The number of nitrogens with zero attached hydrogens (tertiary/aromatic N) is 1. The standard InChI is InChI=1S/C7H6F7NO2/c1-2-4(15(16)17)3-5(8,9)6(10,11)7(12,13)14/h3H,2H2,1H3/b4-3-. The lowest BCUT2D eigenvalue weighted by Gasteiger charge is -2.25. The van der Waals surface area contributed by atoms with Crippen molar-refractivity contribution >= 4 is 0 Å². The molecule has 0 heterocycles. The lowest BCUT2D eigenvalue weighted by atomic mass is 10.1. The lowest BCUT2D eigenvalue weighted by Crippen LogP contribution is -2.51. The molecule has 0 fully saturated rings. The molecule has 0 aromatic heterocycles. The van der Waals surface area contributed by atoms with E-state index in [9.17, 15) is 40.8 Å². The molecule has 0 saturated carbocycles. The summed E-state index contributed by atoms with van der Waals surface area (Å²) in [6, 6.07) is 0. The molecule has 0 aliphatic rings. The van der Waals surface area contributed by atoms with Gasteiger partial charge in [0.05, 0.1) is 11.0 Å². The van der Waals surface area contributed by atoms with Crippen LogP contribution in [0.15, 0.2) is 11.8 Å². The number of halogens is 7. The Balaban J connectivity index is 5.49. The fraction of sp³-hybridized carbons (Fsp3) is 0.714. The second-order valence-corrected chi connectivity index (χ2v) is 2.94. The maximum absolute atomic E-state index is 12.6. The number of nitro groups is 1.